The predicted molar refractivity (Wildman–Crippen MR) is 82.4 cm³/mol. The van der Waals surface area contributed by atoms with Crippen LogP contribution in [0.1, 0.15) is 24.5 Å². The maximum atomic E-state index is 12.5. The first-order valence-corrected chi connectivity index (χ1v) is 8.19. The number of hydrogen-bond acceptors (Lipinski definition) is 2. The van der Waals surface area contributed by atoms with E-state index in [0.29, 0.717) is 10.6 Å². The molecule has 0 unspecified atom stereocenters. The first-order valence-electron chi connectivity index (χ1n) is 6.71. The van der Waals surface area contributed by atoms with Gasteiger partial charge in [0.1, 0.15) is 0 Å². The lowest BCUT2D eigenvalue weighted by atomic mass is 10.1. The van der Waals surface area contributed by atoms with E-state index in [2.05, 4.69) is 11.6 Å². The quantitative estimate of drug-likeness (QED) is 0.911. The summed E-state index contributed by atoms with van der Waals surface area (Å²) in [6.07, 6.45) is 1.83. The molecule has 0 saturated carbocycles. The van der Waals surface area contributed by atoms with Gasteiger partial charge < -0.3 is 0 Å². The third-order valence-corrected chi connectivity index (χ3v) is 4.69. The lowest BCUT2D eigenvalue weighted by molar-refractivity contribution is 0.600. The van der Waals surface area contributed by atoms with Crippen LogP contribution in [0.2, 0.25) is 0 Å². The zero-order valence-electron chi connectivity index (χ0n) is 11.8. The fourth-order valence-electron chi connectivity index (χ4n) is 2.16. The Morgan fingerprint density at radius 1 is 1.00 bits per heavy atom. The zero-order valence-corrected chi connectivity index (χ0v) is 12.6. The van der Waals surface area contributed by atoms with Gasteiger partial charge in [-0.1, -0.05) is 49.7 Å². The van der Waals surface area contributed by atoms with Crippen molar-refractivity contribution in [2.75, 3.05) is 4.72 Å². The highest BCUT2D eigenvalue weighted by molar-refractivity contribution is 7.92. The molecule has 0 aliphatic carbocycles. The average molecular weight is 289 g/mol. The van der Waals surface area contributed by atoms with Gasteiger partial charge in [-0.25, -0.2) is 8.42 Å². The number of anilines is 1. The molecule has 0 amide bonds. The summed E-state index contributed by atoms with van der Waals surface area (Å²) in [5, 5.41) is 0. The van der Waals surface area contributed by atoms with E-state index in [4.69, 9.17) is 0 Å². The summed E-state index contributed by atoms with van der Waals surface area (Å²) in [4.78, 5) is 0.325. The normalized spacial score (nSPS) is 11.3. The molecule has 2 rings (SSSR count). The predicted octanol–water partition coefficient (Wildman–Crippen LogP) is 3.75. The van der Waals surface area contributed by atoms with Gasteiger partial charge in [0, 0.05) is 0 Å². The van der Waals surface area contributed by atoms with Gasteiger partial charge in [-0.2, -0.15) is 0 Å². The van der Waals surface area contributed by atoms with Crippen molar-refractivity contribution in [1.29, 1.82) is 0 Å². The topological polar surface area (TPSA) is 46.2 Å². The van der Waals surface area contributed by atoms with Crippen LogP contribution < -0.4 is 4.72 Å². The molecule has 0 saturated heterocycles. The minimum atomic E-state index is -3.53. The number of rotatable bonds is 5. The minimum Gasteiger partial charge on any atom is -0.279 e. The van der Waals surface area contributed by atoms with Crippen molar-refractivity contribution in [2.24, 2.45) is 0 Å². The molecule has 0 aliphatic rings. The molecular formula is C16H19NO2S. The molecule has 106 valence electrons. The average Bonchev–Trinajstić information content (AvgIpc) is 2.41. The second kappa shape index (κ2) is 6.09. The van der Waals surface area contributed by atoms with Crippen LogP contribution in [-0.4, -0.2) is 8.42 Å². The molecule has 0 fully saturated rings. The van der Waals surface area contributed by atoms with E-state index in [1.807, 2.05) is 24.3 Å². The highest BCUT2D eigenvalue weighted by atomic mass is 32.2. The van der Waals surface area contributed by atoms with Crippen molar-refractivity contribution in [3.05, 3.63) is 59.7 Å². The Labute approximate surface area is 120 Å². The number of benzene rings is 2. The zero-order chi connectivity index (χ0) is 14.6. The molecule has 2 aromatic rings. The lowest BCUT2D eigenvalue weighted by Crippen LogP contribution is -2.15. The standard InChI is InChI=1S/C16H19NO2S/c1-3-8-14-10-5-6-11-15(14)17-20(18,19)16-12-7-4-9-13(16)2/h4-7,9-12,17H,3,8H2,1-2H3. The molecule has 4 heteroatoms. The molecule has 0 radical (unpaired) electrons. The molecule has 0 heterocycles. The highest BCUT2D eigenvalue weighted by Gasteiger charge is 2.17. The Morgan fingerprint density at radius 3 is 2.35 bits per heavy atom. The summed E-state index contributed by atoms with van der Waals surface area (Å²) in [6.45, 7) is 3.87. The lowest BCUT2D eigenvalue weighted by Gasteiger charge is -2.13. The molecule has 3 nitrogen and oxygen atoms in total. The van der Waals surface area contributed by atoms with Gasteiger partial charge in [0.05, 0.1) is 10.6 Å². The van der Waals surface area contributed by atoms with Crippen molar-refractivity contribution in [3.8, 4) is 0 Å². The van der Waals surface area contributed by atoms with Crippen LogP contribution in [0.3, 0.4) is 0 Å². The first kappa shape index (κ1) is 14.6. The fraction of sp³-hybridized carbons (Fsp3) is 0.250. The SMILES string of the molecule is CCCc1ccccc1NS(=O)(=O)c1ccccc1C. The van der Waals surface area contributed by atoms with Gasteiger partial charge in [0.25, 0.3) is 10.0 Å². The Balaban J connectivity index is 2.37. The van der Waals surface area contributed by atoms with Crippen LogP contribution in [0, 0.1) is 6.92 Å². The maximum absolute atomic E-state index is 12.5. The van der Waals surface area contributed by atoms with Crippen molar-refractivity contribution in [1.82, 2.24) is 0 Å². The third kappa shape index (κ3) is 3.20. The van der Waals surface area contributed by atoms with Crippen LogP contribution in [0.5, 0.6) is 0 Å². The van der Waals surface area contributed by atoms with E-state index in [1.54, 1.807) is 31.2 Å². The van der Waals surface area contributed by atoms with Crippen LogP contribution >= 0.6 is 0 Å². The summed E-state index contributed by atoms with van der Waals surface area (Å²) in [6, 6.07) is 14.5. The van der Waals surface area contributed by atoms with E-state index < -0.39 is 10.0 Å². The molecule has 0 bridgehead atoms. The summed E-state index contributed by atoms with van der Waals surface area (Å²) < 4.78 is 27.6. The number of hydrogen-bond donors (Lipinski definition) is 1. The summed E-state index contributed by atoms with van der Waals surface area (Å²) in [7, 11) is -3.53. The van der Waals surface area contributed by atoms with E-state index in [-0.39, 0.29) is 0 Å². The Kier molecular flexibility index (Phi) is 4.45. The van der Waals surface area contributed by atoms with E-state index in [0.717, 1.165) is 24.0 Å². The van der Waals surface area contributed by atoms with Crippen molar-refractivity contribution < 1.29 is 8.42 Å². The molecule has 20 heavy (non-hydrogen) atoms. The van der Waals surface area contributed by atoms with Gasteiger partial charge in [0.2, 0.25) is 0 Å². The van der Waals surface area contributed by atoms with Crippen molar-refractivity contribution in [2.45, 2.75) is 31.6 Å². The Morgan fingerprint density at radius 2 is 1.65 bits per heavy atom. The van der Waals surface area contributed by atoms with Gasteiger partial charge >= 0.3 is 0 Å². The second-order valence-corrected chi connectivity index (χ2v) is 6.43. The van der Waals surface area contributed by atoms with Crippen LogP contribution in [0.4, 0.5) is 5.69 Å². The van der Waals surface area contributed by atoms with Crippen molar-refractivity contribution >= 4 is 15.7 Å². The number of para-hydroxylation sites is 1. The molecule has 1 N–H and O–H groups in total. The van der Waals surface area contributed by atoms with E-state index in [9.17, 15) is 8.42 Å². The minimum absolute atomic E-state index is 0.325. The first-order chi connectivity index (χ1) is 9.54. The second-order valence-electron chi connectivity index (χ2n) is 4.78. The van der Waals surface area contributed by atoms with Gasteiger partial charge in [-0.3, -0.25) is 4.72 Å². The summed E-state index contributed by atoms with van der Waals surface area (Å²) >= 11 is 0. The Bertz CT molecular complexity index is 693. The van der Waals surface area contributed by atoms with Crippen LogP contribution in [0.25, 0.3) is 0 Å². The van der Waals surface area contributed by atoms with Gasteiger partial charge in [-0.15, -0.1) is 0 Å². The third-order valence-electron chi connectivity index (χ3n) is 3.16. The smallest absolute Gasteiger partial charge is 0.262 e. The fourth-order valence-corrected chi connectivity index (χ4v) is 3.51. The monoisotopic (exact) mass is 289 g/mol. The van der Waals surface area contributed by atoms with Crippen LogP contribution in [0.15, 0.2) is 53.4 Å². The number of nitrogens with one attached hydrogen (secondary N) is 1. The maximum Gasteiger partial charge on any atom is 0.262 e. The molecule has 2 aromatic carbocycles. The van der Waals surface area contributed by atoms with Gasteiger partial charge in [0.15, 0.2) is 0 Å². The van der Waals surface area contributed by atoms with E-state index in [1.165, 1.54) is 0 Å². The molecular weight excluding hydrogens is 270 g/mol. The molecule has 0 spiro atoms. The molecule has 0 aromatic heterocycles. The van der Waals surface area contributed by atoms with Crippen molar-refractivity contribution in [3.63, 3.8) is 0 Å². The van der Waals surface area contributed by atoms with Gasteiger partial charge in [-0.05, 0) is 36.6 Å². The summed E-state index contributed by atoms with van der Waals surface area (Å²) in [5.74, 6) is 0. The summed E-state index contributed by atoms with van der Waals surface area (Å²) in [5.41, 5.74) is 2.43. The highest BCUT2D eigenvalue weighted by Crippen LogP contribution is 2.22. The molecule has 0 atom stereocenters. The number of sulfonamides is 1. The largest absolute Gasteiger partial charge is 0.279 e. The van der Waals surface area contributed by atoms with E-state index >= 15 is 0 Å². The van der Waals surface area contributed by atoms with Crippen LogP contribution in [-0.2, 0) is 16.4 Å². The molecule has 0 aliphatic heterocycles. The number of aryl methyl sites for hydroxylation is 2. The Hall–Kier alpha value is -1.81.